The van der Waals surface area contributed by atoms with Gasteiger partial charge in [0.1, 0.15) is 0 Å². The molecule has 140 valence electrons. The zero-order chi connectivity index (χ0) is 19.1. The number of pyridine rings is 1. The second-order valence-corrected chi connectivity index (χ2v) is 7.21. The topological polar surface area (TPSA) is 98.9 Å². The van der Waals surface area contributed by atoms with Gasteiger partial charge in [-0.15, -0.1) is 5.10 Å². The van der Waals surface area contributed by atoms with Crippen molar-refractivity contribution in [1.82, 2.24) is 39.1 Å². The second-order valence-electron chi connectivity index (χ2n) is 6.36. The first-order chi connectivity index (χ1) is 13.7. The van der Waals surface area contributed by atoms with E-state index in [1.54, 1.807) is 21.8 Å². The zero-order valence-electron chi connectivity index (χ0n) is 14.6. The van der Waals surface area contributed by atoms with E-state index < -0.39 is 0 Å². The van der Waals surface area contributed by atoms with Crippen LogP contribution in [-0.2, 0) is 13.1 Å². The van der Waals surface area contributed by atoms with Crippen LogP contribution >= 0.6 is 15.9 Å². The Morgan fingerprint density at radius 1 is 1.14 bits per heavy atom. The van der Waals surface area contributed by atoms with Crippen molar-refractivity contribution in [3.8, 4) is 11.3 Å². The summed E-state index contributed by atoms with van der Waals surface area (Å²) < 4.78 is 6.50. The van der Waals surface area contributed by atoms with Crippen LogP contribution in [0.1, 0.15) is 5.56 Å². The van der Waals surface area contributed by atoms with Crippen molar-refractivity contribution in [1.29, 1.82) is 0 Å². The van der Waals surface area contributed by atoms with Crippen LogP contribution in [0.3, 0.4) is 0 Å². The summed E-state index contributed by atoms with van der Waals surface area (Å²) in [6, 6.07) is 6.16. The Labute approximate surface area is 167 Å². The van der Waals surface area contributed by atoms with Crippen molar-refractivity contribution in [2.24, 2.45) is 0 Å². The molecule has 9 nitrogen and oxygen atoms in total. The molecule has 0 amide bonds. The lowest BCUT2D eigenvalue weighted by Gasteiger charge is -2.04. The predicted molar refractivity (Wildman–Crippen MR) is 106 cm³/mol. The van der Waals surface area contributed by atoms with E-state index in [2.05, 4.69) is 46.8 Å². The van der Waals surface area contributed by atoms with Gasteiger partial charge in [-0.3, -0.25) is 4.68 Å². The first-order valence-corrected chi connectivity index (χ1v) is 9.45. The van der Waals surface area contributed by atoms with Crippen LogP contribution in [0.25, 0.3) is 28.1 Å². The molecule has 0 aliphatic heterocycles. The average molecular weight is 439 g/mol. The quantitative estimate of drug-likeness (QED) is 0.451. The molecule has 28 heavy (non-hydrogen) atoms. The van der Waals surface area contributed by atoms with E-state index >= 15 is 0 Å². The number of halogens is 1. The molecule has 0 bridgehead atoms. The minimum absolute atomic E-state index is 0.0324. The molecule has 5 rings (SSSR count). The molecule has 1 N–H and O–H groups in total. The fraction of sp³-hybridized carbons (Fsp3) is 0.167. The summed E-state index contributed by atoms with van der Waals surface area (Å²) in [6.45, 7) is 1.00. The Bertz CT molecular complexity index is 1290. The molecule has 0 atom stereocenters. The molecule has 10 heteroatoms. The highest BCUT2D eigenvalue weighted by atomic mass is 79.9. The Morgan fingerprint density at radius 3 is 2.93 bits per heavy atom. The lowest BCUT2D eigenvalue weighted by atomic mass is 10.2. The number of fused-ring (bicyclic) bond motifs is 2. The molecule has 0 aliphatic rings. The SMILES string of the molecule is OCCn1cc(-c2cnc3nnn(Cc4ccn5ccc(Br)c5c4)c3n2)cn1. The minimum Gasteiger partial charge on any atom is -0.394 e. The van der Waals surface area contributed by atoms with Gasteiger partial charge in [-0.1, -0.05) is 5.21 Å². The summed E-state index contributed by atoms with van der Waals surface area (Å²) in [4.78, 5) is 9.07. The summed E-state index contributed by atoms with van der Waals surface area (Å²) in [5.41, 5.74) is 4.80. The molecular formula is C18H15BrN8O. The first kappa shape index (κ1) is 17.0. The highest BCUT2D eigenvalue weighted by Crippen LogP contribution is 2.22. The van der Waals surface area contributed by atoms with E-state index in [-0.39, 0.29) is 6.61 Å². The van der Waals surface area contributed by atoms with Crippen molar-refractivity contribution >= 4 is 32.7 Å². The lowest BCUT2D eigenvalue weighted by Crippen LogP contribution is -2.04. The monoisotopic (exact) mass is 438 g/mol. The summed E-state index contributed by atoms with van der Waals surface area (Å²) in [5, 5.41) is 21.6. The van der Waals surface area contributed by atoms with Crippen LogP contribution in [-0.4, -0.2) is 50.9 Å². The van der Waals surface area contributed by atoms with Crippen molar-refractivity contribution < 1.29 is 5.11 Å². The first-order valence-electron chi connectivity index (χ1n) is 8.66. The number of hydrogen-bond acceptors (Lipinski definition) is 6. The lowest BCUT2D eigenvalue weighted by molar-refractivity contribution is 0.269. The van der Waals surface area contributed by atoms with Gasteiger partial charge in [0, 0.05) is 28.6 Å². The maximum absolute atomic E-state index is 9.05. The number of aromatic nitrogens is 8. The fourth-order valence-electron chi connectivity index (χ4n) is 3.10. The van der Waals surface area contributed by atoms with Gasteiger partial charge in [-0.05, 0) is 39.7 Å². The van der Waals surface area contributed by atoms with Gasteiger partial charge in [-0.25, -0.2) is 14.6 Å². The number of aliphatic hydroxyl groups is 1. The number of hydrogen-bond donors (Lipinski definition) is 1. The Balaban J connectivity index is 1.51. The van der Waals surface area contributed by atoms with Crippen LogP contribution in [0.15, 0.2) is 53.7 Å². The standard InChI is InChI=1S/C18H15BrN8O/c19-14-2-4-25-3-1-12(7-16(14)25)10-27-18-17(23-24-27)20-9-15(22-18)13-8-21-26(11-13)5-6-28/h1-4,7-9,11,28H,5-6,10H2. The summed E-state index contributed by atoms with van der Waals surface area (Å²) in [7, 11) is 0. The molecule has 0 unspecified atom stereocenters. The van der Waals surface area contributed by atoms with Gasteiger partial charge >= 0.3 is 0 Å². The van der Waals surface area contributed by atoms with Crippen LogP contribution in [0.2, 0.25) is 0 Å². The third-order valence-electron chi connectivity index (χ3n) is 4.49. The highest BCUT2D eigenvalue weighted by molar-refractivity contribution is 9.10. The van der Waals surface area contributed by atoms with E-state index in [1.807, 2.05) is 30.7 Å². The van der Waals surface area contributed by atoms with Crippen LogP contribution in [0, 0.1) is 0 Å². The van der Waals surface area contributed by atoms with Gasteiger partial charge in [0.25, 0.3) is 0 Å². The molecule has 0 aliphatic carbocycles. The van der Waals surface area contributed by atoms with Crippen molar-refractivity contribution in [2.75, 3.05) is 6.61 Å². The number of aliphatic hydroxyl groups excluding tert-OH is 1. The van der Waals surface area contributed by atoms with E-state index in [0.717, 1.165) is 21.1 Å². The van der Waals surface area contributed by atoms with E-state index in [9.17, 15) is 0 Å². The Kier molecular flexibility index (Phi) is 4.14. The van der Waals surface area contributed by atoms with Crippen LogP contribution < -0.4 is 0 Å². The van der Waals surface area contributed by atoms with Gasteiger partial charge in [0.15, 0.2) is 5.65 Å². The molecule has 0 radical (unpaired) electrons. The molecule has 0 fully saturated rings. The molecule has 5 heterocycles. The van der Waals surface area contributed by atoms with E-state index in [1.165, 1.54) is 0 Å². The van der Waals surface area contributed by atoms with E-state index in [0.29, 0.717) is 30.1 Å². The van der Waals surface area contributed by atoms with Crippen molar-refractivity contribution in [3.63, 3.8) is 0 Å². The smallest absolute Gasteiger partial charge is 0.221 e. The Morgan fingerprint density at radius 2 is 2.04 bits per heavy atom. The Hall–Kier alpha value is -3.11. The maximum atomic E-state index is 9.05. The molecule has 0 spiro atoms. The average Bonchev–Trinajstić information content (AvgIpc) is 3.42. The maximum Gasteiger partial charge on any atom is 0.221 e. The summed E-state index contributed by atoms with van der Waals surface area (Å²) in [6.07, 6.45) is 9.21. The van der Waals surface area contributed by atoms with Crippen LogP contribution in [0.4, 0.5) is 0 Å². The molecule has 0 aromatic carbocycles. The highest BCUT2D eigenvalue weighted by Gasteiger charge is 2.12. The van der Waals surface area contributed by atoms with Gasteiger partial charge in [0.2, 0.25) is 5.65 Å². The van der Waals surface area contributed by atoms with E-state index in [4.69, 9.17) is 10.1 Å². The molecule has 5 aromatic heterocycles. The third kappa shape index (κ3) is 2.96. The largest absolute Gasteiger partial charge is 0.394 e. The van der Waals surface area contributed by atoms with Gasteiger partial charge in [0.05, 0.1) is 43.3 Å². The number of rotatable bonds is 5. The zero-order valence-corrected chi connectivity index (χ0v) is 16.2. The fourth-order valence-corrected chi connectivity index (χ4v) is 3.54. The van der Waals surface area contributed by atoms with Gasteiger partial charge in [-0.2, -0.15) is 5.10 Å². The summed E-state index contributed by atoms with van der Waals surface area (Å²) in [5.74, 6) is 0. The predicted octanol–water partition coefficient (Wildman–Crippen LogP) is 2.14. The van der Waals surface area contributed by atoms with Gasteiger partial charge < -0.3 is 9.51 Å². The van der Waals surface area contributed by atoms with Crippen molar-refractivity contribution in [3.05, 3.63) is 59.2 Å². The second kappa shape index (κ2) is 6.80. The number of nitrogens with zero attached hydrogens (tertiary/aromatic N) is 8. The molecular weight excluding hydrogens is 424 g/mol. The summed E-state index contributed by atoms with van der Waals surface area (Å²) >= 11 is 3.57. The van der Waals surface area contributed by atoms with Crippen molar-refractivity contribution in [2.45, 2.75) is 13.1 Å². The molecule has 0 saturated carbocycles. The molecule has 5 aromatic rings. The van der Waals surface area contributed by atoms with Crippen LogP contribution in [0.5, 0.6) is 0 Å². The minimum atomic E-state index is 0.0324. The third-order valence-corrected chi connectivity index (χ3v) is 5.16. The normalized spacial score (nSPS) is 11.6. The molecule has 0 saturated heterocycles.